The standard InChI is InChI=1S/C9H15N3O/c1-3-12(2)9(13)11-7-8-4-5-10-6-8/h4-6,10H,3,7H2,1-2H3,(H,11,13). The molecule has 2 N–H and O–H groups in total. The van der Waals surface area contributed by atoms with Gasteiger partial charge < -0.3 is 15.2 Å². The Kier molecular flexibility index (Phi) is 3.37. The normalized spacial score (nSPS) is 9.69. The fourth-order valence-electron chi connectivity index (χ4n) is 0.925. The molecule has 0 saturated heterocycles. The number of nitrogens with one attached hydrogen (secondary N) is 2. The molecular formula is C9H15N3O. The summed E-state index contributed by atoms with van der Waals surface area (Å²) in [5.74, 6) is 0. The second-order valence-electron chi connectivity index (χ2n) is 2.89. The van der Waals surface area contributed by atoms with Gasteiger partial charge in [0.2, 0.25) is 0 Å². The number of aromatic amines is 1. The molecule has 0 aliphatic carbocycles. The number of H-pyrrole nitrogens is 1. The molecule has 0 unspecified atom stereocenters. The van der Waals surface area contributed by atoms with Crippen LogP contribution in [0.25, 0.3) is 0 Å². The first-order chi connectivity index (χ1) is 6.24. The Morgan fingerprint density at radius 2 is 2.46 bits per heavy atom. The first-order valence-corrected chi connectivity index (χ1v) is 4.34. The fourth-order valence-corrected chi connectivity index (χ4v) is 0.925. The number of carbonyl (C=O) groups excluding carboxylic acids is 1. The van der Waals surface area contributed by atoms with Crippen LogP contribution in [0.2, 0.25) is 0 Å². The lowest BCUT2D eigenvalue weighted by Crippen LogP contribution is -2.36. The topological polar surface area (TPSA) is 48.1 Å². The summed E-state index contributed by atoms with van der Waals surface area (Å²) in [6.45, 7) is 3.24. The zero-order valence-corrected chi connectivity index (χ0v) is 8.00. The van der Waals surface area contributed by atoms with Crippen LogP contribution in [0.15, 0.2) is 18.5 Å². The molecule has 0 aromatic carbocycles. The summed E-state index contributed by atoms with van der Waals surface area (Å²) in [7, 11) is 1.77. The molecule has 0 bridgehead atoms. The number of nitrogens with zero attached hydrogens (tertiary/aromatic N) is 1. The molecule has 1 heterocycles. The highest BCUT2D eigenvalue weighted by atomic mass is 16.2. The van der Waals surface area contributed by atoms with Crippen molar-refractivity contribution in [2.45, 2.75) is 13.5 Å². The second-order valence-corrected chi connectivity index (χ2v) is 2.89. The first-order valence-electron chi connectivity index (χ1n) is 4.34. The summed E-state index contributed by atoms with van der Waals surface area (Å²) in [5, 5.41) is 2.80. The molecule has 72 valence electrons. The van der Waals surface area contributed by atoms with E-state index in [4.69, 9.17) is 0 Å². The SMILES string of the molecule is CCN(C)C(=O)NCc1cc[nH]c1. The third kappa shape index (κ3) is 2.82. The van der Waals surface area contributed by atoms with E-state index < -0.39 is 0 Å². The van der Waals surface area contributed by atoms with Crippen molar-refractivity contribution < 1.29 is 4.79 Å². The van der Waals surface area contributed by atoms with Crippen LogP contribution in [0.5, 0.6) is 0 Å². The lowest BCUT2D eigenvalue weighted by atomic mass is 10.3. The highest BCUT2D eigenvalue weighted by molar-refractivity contribution is 5.73. The van der Waals surface area contributed by atoms with E-state index in [0.29, 0.717) is 6.54 Å². The van der Waals surface area contributed by atoms with Gasteiger partial charge in [0, 0.05) is 32.5 Å². The van der Waals surface area contributed by atoms with Crippen LogP contribution in [-0.2, 0) is 6.54 Å². The summed E-state index contributed by atoms with van der Waals surface area (Å²) in [6.07, 6.45) is 3.71. The molecule has 0 saturated carbocycles. The molecule has 0 aliphatic heterocycles. The van der Waals surface area contributed by atoms with E-state index in [2.05, 4.69) is 10.3 Å². The van der Waals surface area contributed by atoms with Crippen molar-refractivity contribution in [3.8, 4) is 0 Å². The van der Waals surface area contributed by atoms with E-state index in [1.54, 1.807) is 11.9 Å². The maximum atomic E-state index is 11.3. The zero-order chi connectivity index (χ0) is 9.68. The molecule has 1 rings (SSSR count). The van der Waals surface area contributed by atoms with E-state index in [1.165, 1.54) is 0 Å². The Morgan fingerprint density at radius 1 is 1.69 bits per heavy atom. The predicted octanol–water partition coefficient (Wildman–Crippen LogP) is 1.18. The Bertz CT molecular complexity index is 256. The van der Waals surface area contributed by atoms with E-state index in [0.717, 1.165) is 12.1 Å². The largest absolute Gasteiger partial charge is 0.367 e. The van der Waals surface area contributed by atoms with Crippen LogP contribution < -0.4 is 5.32 Å². The number of rotatable bonds is 3. The molecule has 13 heavy (non-hydrogen) atoms. The van der Waals surface area contributed by atoms with Crippen molar-refractivity contribution in [2.24, 2.45) is 0 Å². The van der Waals surface area contributed by atoms with Gasteiger partial charge in [-0.05, 0) is 18.6 Å². The molecule has 0 radical (unpaired) electrons. The van der Waals surface area contributed by atoms with Gasteiger partial charge in [-0.1, -0.05) is 0 Å². The van der Waals surface area contributed by atoms with Crippen molar-refractivity contribution in [3.63, 3.8) is 0 Å². The van der Waals surface area contributed by atoms with E-state index >= 15 is 0 Å². The molecular weight excluding hydrogens is 166 g/mol. The minimum absolute atomic E-state index is 0.0382. The summed E-state index contributed by atoms with van der Waals surface area (Å²) in [4.78, 5) is 15.8. The summed E-state index contributed by atoms with van der Waals surface area (Å²) in [5.41, 5.74) is 1.08. The maximum Gasteiger partial charge on any atom is 0.317 e. The monoisotopic (exact) mass is 181 g/mol. The van der Waals surface area contributed by atoms with Gasteiger partial charge in [0.25, 0.3) is 0 Å². The molecule has 4 nitrogen and oxygen atoms in total. The van der Waals surface area contributed by atoms with Gasteiger partial charge in [-0.2, -0.15) is 0 Å². The van der Waals surface area contributed by atoms with Gasteiger partial charge in [0.15, 0.2) is 0 Å². The molecule has 1 aromatic rings. The van der Waals surface area contributed by atoms with E-state index in [-0.39, 0.29) is 6.03 Å². The molecule has 1 aromatic heterocycles. The van der Waals surface area contributed by atoms with Crippen molar-refractivity contribution >= 4 is 6.03 Å². The van der Waals surface area contributed by atoms with Crippen molar-refractivity contribution in [2.75, 3.05) is 13.6 Å². The Labute approximate surface area is 77.9 Å². The van der Waals surface area contributed by atoms with Crippen molar-refractivity contribution in [1.29, 1.82) is 0 Å². The smallest absolute Gasteiger partial charge is 0.317 e. The molecule has 0 fully saturated rings. The average molecular weight is 181 g/mol. The summed E-state index contributed by atoms with van der Waals surface area (Å²) < 4.78 is 0. The third-order valence-electron chi connectivity index (χ3n) is 1.93. The van der Waals surface area contributed by atoms with Crippen LogP contribution >= 0.6 is 0 Å². The highest BCUT2D eigenvalue weighted by Gasteiger charge is 2.04. The Morgan fingerprint density at radius 3 is 3.00 bits per heavy atom. The highest BCUT2D eigenvalue weighted by Crippen LogP contribution is 1.95. The van der Waals surface area contributed by atoms with Gasteiger partial charge in [-0.15, -0.1) is 0 Å². The summed E-state index contributed by atoms with van der Waals surface area (Å²) in [6, 6.07) is 1.90. The van der Waals surface area contributed by atoms with Crippen LogP contribution in [-0.4, -0.2) is 29.5 Å². The lowest BCUT2D eigenvalue weighted by Gasteiger charge is -2.14. The Balaban J connectivity index is 2.31. The number of amides is 2. The number of hydrogen-bond acceptors (Lipinski definition) is 1. The second kappa shape index (κ2) is 4.54. The van der Waals surface area contributed by atoms with E-state index in [9.17, 15) is 4.79 Å². The average Bonchev–Trinajstić information content (AvgIpc) is 2.65. The number of urea groups is 1. The van der Waals surface area contributed by atoms with Gasteiger partial charge in [-0.3, -0.25) is 0 Å². The van der Waals surface area contributed by atoms with Gasteiger partial charge in [-0.25, -0.2) is 4.79 Å². The van der Waals surface area contributed by atoms with Crippen LogP contribution in [0.3, 0.4) is 0 Å². The van der Waals surface area contributed by atoms with Crippen LogP contribution in [0.4, 0.5) is 4.79 Å². The fraction of sp³-hybridized carbons (Fsp3) is 0.444. The van der Waals surface area contributed by atoms with Crippen LogP contribution in [0, 0.1) is 0 Å². The van der Waals surface area contributed by atoms with E-state index in [1.807, 2.05) is 25.4 Å². The number of hydrogen-bond donors (Lipinski definition) is 2. The Hall–Kier alpha value is -1.45. The van der Waals surface area contributed by atoms with Gasteiger partial charge in [0.1, 0.15) is 0 Å². The first kappa shape index (κ1) is 9.64. The molecule has 2 amide bonds. The lowest BCUT2D eigenvalue weighted by molar-refractivity contribution is 0.210. The molecule has 4 heteroatoms. The van der Waals surface area contributed by atoms with Gasteiger partial charge >= 0.3 is 6.03 Å². The maximum absolute atomic E-state index is 11.3. The quantitative estimate of drug-likeness (QED) is 0.722. The van der Waals surface area contributed by atoms with Crippen molar-refractivity contribution in [1.82, 2.24) is 15.2 Å². The number of carbonyl (C=O) groups is 1. The predicted molar refractivity (Wildman–Crippen MR) is 51.3 cm³/mol. The molecule has 0 aliphatic rings. The van der Waals surface area contributed by atoms with Crippen LogP contribution in [0.1, 0.15) is 12.5 Å². The third-order valence-corrected chi connectivity index (χ3v) is 1.93. The minimum Gasteiger partial charge on any atom is -0.367 e. The zero-order valence-electron chi connectivity index (χ0n) is 8.00. The van der Waals surface area contributed by atoms with Gasteiger partial charge in [0.05, 0.1) is 0 Å². The minimum atomic E-state index is -0.0382. The number of aromatic nitrogens is 1. The molecule has 0 atom stereocenters. The summed E-state index contributed by atoms with van der Waals surface area (Å²) >= 11 is 0. The molecule has 0 spiro atoms. The van der Waals surface area contributed by atoms with Crippen molar-refractivity contribution in [3.05, 3.63) is 24.0 Å².